The molecule has 0 radical (unpaired) electrons. The van der Waals surface area contributed by atoms with E-state index >= 15 is 0 Å². The first-order valence-electron chi connectivity index (χ1n) is 6.28. The predicted octanol–water partition coefficient (Wildman–Crippen LogP) is 4.80. The van der Waals surface area contributed by atoms with Gasteiger partial charge in [0.1, 0.15) is 0 Å². The molecule has 0 aromatic carbocycles. The SMILES string of the molecule is CC(CCCCC(C)(C)C)OC(C)(C)C. The number of ether oxygens (including phenoxy) is 1. The molecule has 0 aliphatic heterocycles. The summed E-state index contributed by atoms with van der Waals surface area (Å²) in [6, 6.07) is 0. The third-order valence-corrected chi connectivity index (χ3v) is 2.34. The van der Waals surface area contributed by atoms with E-state index in [1.807, 2.05) is 0 Å². The Morgan fingerprint density at radius 2 is 1.47 bits per heavy atom. The van der Waals surface area contributed by atoms with Crippen LogP contribution in [0.3, 0.4) is 0 Å². The second kappa shape index (κ2) is 5.89. The van der Waals surface area contributed by atoms with E-state index < -0.39 is 0 Å². The lowest BCUT2D eigenvalue weighted by atomic mass is 9.89. The second-order valence-electron chi connectivity index (χ2n) is 6.85. The Labute approximate surface area is 96.6 Å². The van der Waals surface area contributed by atoms with Crippen LogP contribution in [0.5, 0.6) is 0 Å². The molecule has 1 atom stereocenters. The average Bonchev–Trinajstić information content (AvgIpc) is 1.92. The third-order valence-electron chi connectivity index (χ3n) is 2.34. The zero-order chi connectivity index (χ0) is 12.1. The minimum atomic E-state index is 0.00342. The summed E-state index contributed by atoms with van der Waals surface area (Å²) in [6.45, 7) is 15.5. The van der Waals surface area contributed by atoms with Crippen molar-refractivity contribution >= 4 is 0 Å². The van der Waals surface area contributed by atoms with Gasteiger partial charge in [0.05, 0.1) is 11.7 Å². The Morgan fingerprint density at radius 1 is 0.933 bits per heavy atom. The van der Waals surface area contributed by atoms with E-state index in [1.165, 1.54) is 25.7 Å². The molecule has 1 unspecified atom stereocenters. The van der Waals surface area contributed by atoms with Gasteiger partial charge in [-0.15, -0.1) is 0 Å². The fourth-order valence-electron chi connectivity index (χ4n) is 1.75. The van der Waals surface area contributed by atoms with E-state index in [0.717, 1.165) is 0 Å². The van der Waals surface area contributed by atoms with Crippen LogP contribution in [0.15, 0.2) is 0 Å². The molecule has 0 aliphatic rings. The topological polar surface area (TPSA) is 9.23 Å². The molecule has 0 rings (SSSR count). The van der Waals surface area contributed by atoms with Crippen LogP contribution in [0.2, 0.25) is 0 Å². The van der Waals surface area contributed by atoms with Crippen molar-refractivity contribution in [3.05, 3.63) is 0 Å². The summed E-state index contributed by atoms with van der Waals surface area (Å²) < 4.78 is 5.87. The van der Waals surface area contributed by atoms with Crippen LogP contribution in [-0.2, 0) is 4.74 Å². The first-order valence-corrected chi connectivity index (χ1v) is 6.28. The molecule has 0 aliphatic carbocycles. The highest BCUT2D eigenvalue weighted by Crippen LogP contribution is 2.23. The highest BCUT2D eigenvalue weighted by atomic mass is 16.5. The summed E-state index contributed by atoms with van der Waals surface area (Å²) in [5, 5.41) is 0. The highest BCUT2D eigenvalue weighted by Gasteiger charge is 2.15. The predicted molar refractivity (Wildman–Crippen MR) is 68.2 cm³/mol. The molecule has 1 heteroatoms. The number of hydrogen-bond acceptors (Lipinski definition) is 1. The van der Waals surface area contributed by atoms with E-state index in [1.54, 1.807) is 0 Å². The van der Waals surface area contributed by atoms with Gasteiger partial charge in [0.2, 0.25) is 0 Å². The van der Waals surface area contributed by atoms with Crippen molar-refractivity contribution in [2.24, 2.45) is 5.41 Å². The lowest BCUT2D eigenvalue weighted by Gasteiger charge is -2.25. The van der Waals surface area contributed by atoms with E-state index in [2.05, 4.69) is 48.5 Å². The Hall–Kier alpha value is -0.0400. The van der Waals surface area contributed by atoms with Gasteiger partial charge in [-0.1, -0.05) is 33.6 Å². The minimum Gasteiger partial charge on any atom is -0.373 e. The quantitative estimate of drug-likeness (QED) is 0.597. The van der Waals surface area contributed by atoms with Crippen LogP contribution in [0.1, 0.15) is 74.1 Å². The largest absolute Gasteiger partial charge is 0.373 e. The van der Waals surface area contributed by atoms with Crippen LogP contribution in [0.25, 0.3) is 0 Å². The van der Waals surface area contributed by atoms with Gasteiger partial charge in [-0.3, -0.25) is 0 Å². The number of hydrogen-bond donors (Lipinski definition) is 0. The normalized spacial score (nSPS) is 15.4. The standard InChI is InChI=1S/C14H30O/c1-12(15-14(5,6)7)10-8-9-11-13(2,3)4/h12H,8-11H2,1-7H3. The molecule has 0 saturated carbocycles. The lowest BCUT2D eigenvalue weighted by Crippen LogP contribution is -2.25. The fraction of sp³-hybridized carbons (Fsp3) is 1.00. The van der Waals surface area contributed by atoms with E-state index in [4.69, 9.17) is 4.74 Å². The summed E-state index contributed by atoms with van der Waals surface area (Å²) in [5.74, 6) is 0. The monoisotopic (exact) mass is 214 g/mol. The maximum atomic E-state index is 5.87. The van der Waals surface area contributed by atoms with Crippen molar-refractivity contribution in [1.82, 2.24) is 0 Å². The molecule has 15 heavy (non-hydrogen) atoms. The van der Waals surface area contributed by atoms with Crippen LogP contribution in [-0.4, -0.2) is 11.7 Å². The molecule has 0 amide bonds. The summed E-state index contributed by atoms with van der Waals surface area (Å²) >= 11 is 0. The Balaban J connectivity index is 3.52. The second-order valence-corrected chi connectivity index (χ2v) is 6.85. The summed E-state index contributed by atoms with van der Waals surface area (Å²) in [7, 11) is 0. The van der Waals surface area contributed by atoms with Gasteiger partial charge in [-0.05, 0) is 46.0 Å². The van der Waals surface area contributed by atoms with Gasteiger partial charge in [0, 0.05) is 0 Å². The first kappa shape index (κ1) is 15.0. The Morgan fingerprint density at radius 3 is 1.87 bits per heavy atom. The van der Waals surface area contributed by atoms with E-state index in [-0.39, 0.29) is 5.60 Å². The fourth-order valence-corrected chi connectivity index (χ4v) is 1.75. The van der Waals surface area contributed by atoms with Crippen LogP contribution in [0, 0.1) is 5.41 Å². The molecule has 1 nitrogen and oxygen atoms in total. The summed E-state index contributed by atoms with van der Waals surface area (Å²) in [6.07, 6.45) is 5.50. The summed E-state index contributed by atoms with van der Waals surface area (Å²) in [5.41, 5.74) is 0.484. The van der Waals surface area contributed by atoms with Crippen molar-refractivity contribution in [2.45, 2.75) is 85.9 Å². The third kappa shape index (κ3) is 11.9. The van der Waals surface area contributed by atoms with Gasteiger partial charge < -0.3 is 4.74 Å². The molecule has 0 N–H and O–H groups in total. The molecule has 0 spiro atoms. The molecule has 0 fully saturated rings. The van der Waals surface area contributed by atoms with Gasteiger partial charge in [0.25, 0.3) is 0 Å². The van der Waals surface area contributed by atoms with Gasteiger partial charge in [0.15, 0.2) is 0 Å². The Kier molecular flexibility index (Phi) is 5.87. The maximum absolute atomic E-state index is 5.87. The lowest BCUT2D eigenvalue weighted by molar-refractivity contribution is -0.0550. The maximum Gasteiger partial charge on any atom is 0.0602 e. The minimum absolute atomic E-state index is 0.00342. The molecule has 0 heterocycles. The molecule has 0 aromatic rings. The molecule has 0 bridgehead atoms. The van der Waals surface area contributed by atoms with Crippen molar-refractivity contribution in [1.29, 1.82) is 0 Å². The highest BCUT2D eigenvalue weighted by molar-refractivity contribution is 4.65. The summed E-state index contributed by atoms with van der Waals surface area (Å²) in [4.78, 5) is 0. The van der Waals surface area contributed by atoms with Gasteiger partial charge in [-0.2, -0.15) is 0 Å². The molecular weight excluding hydrogens is 184 g/mol. The van der Waals surface area contributed by atoms with Gasteiger partial charge in [-0.25, -0.2) is 0 Å². The molecule has 0 aromatic heterocycles. The number of rotatable bonds is 5. The van der Waals surface area contributed by atoms with Crippen molar-refractivity contribution in [2.75, 3.05) is 0 Å². The first-order chi connectivity index (χ1) is 6.60. The van der Waals surface area contributed by atoms with Crippen LogP contribution in [0.4, 0.5) is 0 Å². The zero-order valence-corrected chi connectivity index (χ0v) is 11.8. The van der Waals surface area contributed by atoms with Crippen LogP contribution >= 0.6 is 0 Å². The molecule has 92 valence electrons. The van der Waals surface area contributed by atoms with Crippen molar-refractivity contribution in [3.63, 3.8) is 0 Å². The van der Waals surface area contributed by atoms with Crippen LogP contribution < -0.4 is 0 Å². The smallest absolute Gasteiger partial charge is 0.0602 e. The van der Waals surface area contributed by atoms with Gasteiger partial charge >= 0.3 is 0 Å². The van der Waals surface area contributed by atoms with E-state index in [0.29, 0.717) is 11.5 Å². The van der Waals surface area contributed by atoms with Crippen molar-refractivity contribution in [3.8, 4) is 0 Å². The molecule has 0 saturated heterocycles. The molecular formula is C14H30O. The Bertz CT molecular complexity index is 159. The number of unbranched alkanes of at least 4 members (excludes halogenated alkanes) is 1. The van der Waals surface area contributed by atoms with Crippen molar-refractivity contribution < 1.29 is 4.74 Å². The average molecular weight is 214 g/mol. The zero-order valence-electron chi connectivity index (χ0n) is 11.8. The van der Waals surface area contributed by atoms with E-state index in [9.17, 15) is 0 Å².